The van der Waals surface area contributed by atoms with Gasteiger partial charge in [-0.25, -0.2) is 4.68 Å². The van der Waals surface area contributed by atoms with E-state index in [9.17, 15) is 4.79 Å². The highest BCUT2D eigenvalue weighted by atomic mass is 16.5. The van der Waals surface area contributed by atoms with Gasteiger partial charge in [0.15, 0.2) is 11.5 Å². The van der Waals surface area contributed by atoms with Gasteiger partial charge in [-0.3, -0.25) is 4.79 Å². The Bertz CT molecular complexity index is 1470. The van der Waals surface area contributed by atoms with Gasteiger partial charge < -0.3 is 20.1 Å². The molecule has 5 rings (SSSR count). The summed E-state index contributed by atoms with van der Waals surface area (Å²) in [6.07, 6.45) is 1.47. The second kappa shape index (κ2) is 10.2. The highest BCUT2D eigenvalue weighted by molar-refractivity contribution is 6.06. The molecule has 0 fully saturated rings. The summed E-state index contributed by atoms with van der Waals surface area (Å²) in [5, 5.41) is 10.7. The molecule has 8 heteroatoms. The highest BCUT2D eigenvalue weighted by Crippen LogP contribution is 2.39. The number of hydrogen-bond acceptors (Lipinski definition) is 6. The molecule has 1 amide bonds. The summed E-state index contributed by atoms with van der Waals surface area (Å²) in [4.78, 5) is 17.9. The molecule has 1 atom stereocenters. The second-order valence-corrected chi connectivity index (χ2v) is 9.10. The van der Waals surface area contributed by atoms with E-state index in [0.29, 0.717) is 35.3 Å². The number of carbonyl (C=O) groups is 1. The normalized spacial score (nSPS) is 14.5. The van der Waals surface area contributed by atoms with Gasteiger partial charge in [0.25, 0.3) is 5.91 Å². The van der Waals surface area contributed by atoms with Crippen LogP contribution in [-0.4, -0.2) is 27.8 Å². The summed E-state index contributed by atoms with van der Waals surface area (Å²) in [7, 11) is 1.60. The van der Waals surface area contributed by atoms with Gasteiger partial charge in [0.05, 0.1) is 12.7 Å². The van der Waals surface area contributed by atoms with Crippen molar-refractivity contribution >= 4 is 17.5 Å². The Balaban J connectivity index is 1.47. The summed E-state index contributed by atoms with van der Waals surface area (Å²) in [5.74, 6) is 1.53. The number of carbonyl (C=O) groups excluding carboxylic acids is 1. The number of ether oxygens (including phenoxy) is 2. The van der Waals surface area contributed by atoms with Crippen LogP contribution in [-0.2, 0) is 11.4 Å². The molecule has 4 aromatic rings. The predicted octanol–water partition coefficient (Wildman–Crippen LogP) is 5.41. The van der Waals surface area contributed by atoms with Crippen molar-refractivity contribution < 1.29 is 14.3 Å². The van der Waals surface area contributed by atoms with E-state index in [1.807, 2.05) is 68.4 Å². The van der Waals surface area contributed by atoms with Crippen molar-refractivity contribution in [3.05, 3.63) is 107 Å². The average Bonchev–Trinajstić information content (AvgIpc) is 3.35. The van der Waals surface area contributed by atoms with Gasteiger partial charge in [-0.05, 0) is 61.7 Å². The van der Waals surface area contributed by atoms with Crippen molar-refractivity contribution in [1.82, 2.24) is 14.8 Å². The maximum atomic E-state index is 13.6. The van der Waals surface area contributed by atoms with E-state index in [1.54, 1.807) is 11.8 Å². The van der Waals surface area contributed by atoms with Crippen LogP contribution in [0.1, 0.15) is 35.2 Å². The second-order valence-electron chi connectivity index (χ2n) is 9.10. The number of aromatic nitrogens is 3. The summed E-state index contributed by atoms with van der Waals surface area (Å²) in [5.41, 5.74) is 6.12. The van der Waals surface area contributed by atoms with Gasteiger partial charge in [-0.2, -0.15) is 10.1 Å². The molecule has 0 saturated heterocycles. The van der Waals surface area contributed by atoms with Crippen LogP contribution in [0.15, 0.2) is 84.3 Å². The van der Waals surface area contributed by atoms with Gasteiger partial charge in [0.2, 0.25) is 5.95 Å². The topological polar surface area (TPSA) is 90.3 Å². The Labute approximate surface area is 216 Å². The standard InChI is InChI=1S/C29H29N5O3/c1-18-8-10-21(11-9-18)16-37-24-13-12-22(15-25(24)36-4)27-26(20(3)32-29-30-17-31-34(27)29)28(35)33-23-7-5-6-19(2)14-23/h5-15,17,27H,16H2,1-4H3,(H,33,35)(H,30,31,32). The Morgan fingerprint density at radius 1 is 1.00 bits per heavy atom. The van der Waals surface area contributed by atoms with Gasteiger partial charge in [0, 0.05) is 11.4 Å². The van der Waals surface area contributed by atoms with Crippen molar-refractivity contribution in [2.75, 3.05) is 17.7 Å². The molecule has 1 aliphatic heterocycles. The number of nitrogens with zero attached hydrogens (tertiary/aromatic N) is 3. The number of hydrogen-bond donors (Lipinski definition) is 2. The molecule has 1 unspecified atom stereocenters. The molecule has 37 heavy (non-hydrogen) atoms. The molecule has 2 N–H and O–H groups in total. The van der Waals surface area contributed by atoms with Gasteiger partial charge in [-0.1, -0.05) is 48.0 Å². The average molecular weight is 496 g/mol. The lowest BCUT2D eigenvalue weighted by Gasteiger charge is -2.29. The lowest BCUT2D eigenvalue weighted by molar-refractivity contribution is -0.113. The van der Waals surface area contributed by atoms with Crippen LogP contribution in [0.5, 0.6) is 11.5 Å². The molecule has 0 radical (unpaired) electrons. The molecular formula is C29H29N5O3. The van der Waals surface area contributed by atoms with Crippen molar-refractivity contribution in [1.29, 1.82) is 0 Å². The monoisotopic (exact) mass is 495 g/mol. The summed E-state index contributed by atoms with van der Waals surface area (Å²) >= 11 is 0. The van der Waals surface area contributed by atoms with Crippen LogP contribution in [0.4, 0.5) is 11.6 Å². The maximum Gasteiger partial charge on any atom is 0.255 e. The van der Waals surface area contributed by atoms with Crippen molar-refractivity contribution in [2.24, 2.45) is 0 Å². The van der Waals surface area contributed by atoms with E-state index < -0.39 is 6.04 Å². The SMILES string of the molecule is COc1cc(C2C(C(=O)Nc3cccc(C)c3)=C(C)Nc3ncnn32)ccc1OCc1ccc(C)cc1. The largest absolute Gasteiger partial charge is 0.493 e. The minimum absolute atomic E-state index is 0.222. The van der Waals surface area contributed by atoms with Crippen molar-refractivity contribution in [2.45, 2.75) is 33.4 Å². The van der Waals surface area contributed by atoms with Gasteiger partial charge in [0.1, 0.15) is 19.0 Å². The van der Waals surface area contributed by atoms with Crippen molar-refractivity contribution in [3.8, 4) is 11.5 Å². The quantitative estimate of drug-likeness (QED) is 0.356. The predicted molar refractivity (Wildman–Crippen MR) is 143 cm³/mol. The van der Waals surface area contributed by atoms with E-state index in [2.05, 4.69) is 39.8 Å². The molecule has 0 bridgehead atoms. The Kier molecular flexibility index (Phi) is 6.64. The minimum atomic E-state index is -0.511. The zero-order valence-electron chi connectivity index (χ0n) is 21.3. The number of rotatable bonds is 7. The first-order chi connectivity index (χ1) is 17.9. The first kappa shape index (κ1) is 24.1. The van der Waals surface area contributed by atoms with Crippen molar-refractivity contribution in [3.63, 3.8) is 0 Å². The number of aryl methyl sites for hydroxylation is 2. The van der Waals surface area contributed by atoms with E-state index in [4.69, 9.17) is 9.47 Å². The molecule has 8 nitrogen and oxygen atoms in total. The van der Waals surface area contributed by atoms with Crippen LogP contribution >= 0.6 is 0 Å². The number of fused-ring (bicyclic) bond motifs is 1. The number of nitrogens with one attached hydrogen (secondary N) is 2. The van der Waals surface area contributed by atoms with Crippen LogP contribution in [0.2, 0.25) is 0 Å². The maximum absolute atomic E-state index is 13.6. The third-order valence-electron chi connectivity index (χ3n) is 6.33. The molecule has 1 aromatic heterocycles. The zero-order chi connectivity index (χ0) is 25.9. The molecule has 2 heterocycles. The van der Waals surface area contributed by atoms with Crippen LogP contribution in [0.3, 0.4) is 0 Å². The van der Waals surface area contributed by atoms with Crippen LogP contribution in [0, 0.1) is 13.8 Å². The van der Waals surface area contributed by atoms with Gasteiger partial charge in [-0.15, -0.1) is 0 Å². The molecule has 188 valence electrons. The summed E-state index contributed by atoms with van der Waals surface area (Å²) in [6.45, 7) is 6.33. The number of amides is 1. The smallest absolute Gasteiger partial charge is 0.255 e. The van der Waals surface area contributed by atoms with E-state index in [-0.39, 0.29) is 5.91 Å². The third kappa shape index (κ3) is 5.04. The summed E-state index contributed by atoms with van der Waals surface area (Å²) in [6, 6.07) is 21.1. The fourth-order valence-corrected chi connectivity index (χ4v) is 4.43. The lowest BCUT2D eigenvalue weighted by atomic mass is 9.94. The number of methoxy groups -OCH3 is 1. The molecule has 1 aliphatic rings. The fourth-order valence-electron chi connectivity index (χ4n) is 4.43. The number of allylic oxidation sites excluding steroid dienone is 1. The number of anilines is 2. The minimum Gasteiger partial charge on any atom is -0.493 e. The van der Waals surface area contributed by atoms with E-state index in [1.165, 1.54) is 11.9 Å². The molecule has 0 saturated carbocycles. The fraction of sp³-hybridized carbons (Fsp3) is 0.207. The Hall–Kier alpha value is -4.59. The molecule has 0 aliphatic carbocycles. The molecular weight excluding hydrogens is 466 g/mol. The first-order valence-electron chi connectivity index (χ1n) is 12.0. The third-order valence-corrected chi connectivity index (χ3v) is 6.33. The first-order valence-corrected chi connectivity index (χ1v) is 12.0. The van der Waals surface area contributed by atoms with Crippen LogP contribution in [0.25, 0.3) is 0 Å². The molecule has 3 aromatic carbocycles. The van der Waals surface area contributed by atoms with E-state index >= 15 is 0 Å². The van der Waals surface area contributed by atoms with E-state index in [0.717, 1.165) is 22.4 Å². The van der Waals surface area contributed by atoms with Crippen LogP contribution < -0.4 is 20.1 Å². The summed E-state index contributed by atoms with van der Waals surface area (Å²) < 4.78 is 13.5. The molecule has 0 spiro atoms. The number of benzene rings is 3. The zero-order valence-corrected chi connectivity index (χ0v) is 21.3. The highest BCUT2D eigenvalue weighted by Gasteiger charge is 2.34. The Morgan fingerprint density at radius 2 is 1.81 bits per heavy atom. The Morgan fingerprint density at radius 3 is 2.57 bits per heavy atom. The van der Waals surface area contributed by atoms with Gasteiger partial charge >= 0.3 is 0 Å². The lowest BCUT2D eigenvalue weighted by Crippen LogP contribution is -2.31.